The monoisotopic (exact) mass is 152 g/mol. The third-order valence-corrected chi connectivity index (χ3v) is 3.79. The summed E-state index contributed by atoms with van der Waals surface area (Å²) in [5, 5.41) is 3.88. The first-order valence-electron chi connectivity index (χ1n) is 4.43. The van der Waals surface area contributed by atoms with Crippen LogP contribution in [0, 0.1) is 17.3 Å². The van der Waals surface area contributed by atoms with Crippen molar-refractivity contribution in [1.82, 2.24) is 0 Å². The van der Waals surface area contributed by atoms with Crippen LogP contribution in [0.5, 0.6) is 0 Å². The first kappa shape index (κ1) is 7.14. The van der Waals surface area contributed by atoms with Crippen LogP contribution in [0.4, 0.5) is 0 Å². The summed E-state index contributed by atoms with van der Waals surface area (Å²) in [4.78, 5) is 0. The first-order chi connectivity index (χ1) is 5.16. The van der Waals surface area contributed by atoms with E-state index in [0.29, 0.717) is 11.3 Å². The van der Waals surface area contributed by atoms with Gasteiger partial charge >= 0.3 is 0 Å². The Balaban J connectivity index is 2.23. The normalized spacial score (nSPS) is 43.6. The van der Waals surface area contributed by atoms with Crippen LogP contribution in [0.1, 0.15) is 33.1 Å². The van der Waals surface area contributed by atoms with Crippen LogP contribution >= 0.6 is 0 Å². The Morgan fingerprint density at radius 1 is 1.55 bits per heavy atom. The highest BCUT2D eigenvalue weighted by Gasteiger charge is 2.52. The Morgan fingerprint density at radius 2 is 2.27 bits per heavy atom. The molecule has 2 N–H and O–H groups in total. The molecule has 2 bridgehead atoms. The fourth-order valence-electron chi connectivity index (χ4n) is 2.72. The Labute approximate surface area is 67.9 Å². The number of nitrogens with two attached hydrogens (primary N) is 1. The topological polar surface area (TPSA) is 38.4 Å². The highest BCUT2D eigenvalue weighted by molar-refractivity contribution is 5.89. The lowest BCUT2D eigenvalue weighted by Crippen LogP contribution is -2.53. The van der Waals surface area contributed by atoms with E-state index in [1.165, 1.54) is 18.6 Å². The minimum Gasteiger partial charge on any atom is -0.323 e. The second-order valence-corrected chi connectivity index (χ2v) is 4.47. The summed E-state index contributed by atoms with van der Waals surface area (Å²) in [5.74, 6) is 6.97. The van der Waals surface area contributed by atoms with Gasteiger partial charge in [-0.2, -0.15) is 5.10 Å². The smallest absolute Gasteiger partial charge is 0.0412 e. The SMILES string of the molecule is CC1(C)[C@H]2CC/C(=N\N)[C@@H]1C2. The molecular formula is C9H16N2. The van der Waals surface area contributed by atoms with Crippen molar-refractivity contribution in [2.24, 2.45) is 28.2 Å². The van der Waals surface area contributed by atoms with Gasteiger partial charge in [-0.15, -0.1) is 0 Å². The van der Waals surface area contributed by atoms with E-state index in [4.69, 9.17) is 5.84 Å². The molecule has 0 heterocycles. The van der Waals surface area contributed by atoms with Gasteiger partial charge < -0.3 is 5.84 Å². The Bertz CT molecular complexity index is 204. The standard InChI is InChI=1S/C9H16N2/c1-9(2)6-3-4-8(11-10)7(9)5-6/h6-7H,3-5,10H2,1-2H3/b11-8+/t6-,7-/m0/s1. The predicted octanol–water partition coefficient (Wildman–Crippen LogP) is 1.76. The quantitative estimate of drug-likeness (QED) is 0.417. The molecule has 3 fully saturated rings. The number of fused-ring (bicyclic) bond motifs is 2. The van der Waals surface area contributed by atoms with Crippen LogP contribution in [-0.4, -0.2) is 5.71 Å². The van der Waals surface area contributed by atoms with Crippen LogP contribution in [0.25, 0.3) is 0 Å². The van der Waals surface area contributed by atoms with E-state index in [2.05, 4.69) is 18.9 Å². The van der Waals surface area contributed by atoms with Gasteiger partial charge in [0, 0.05) is 11.6 Å². The van der Waals surface area contributed by atoms with E-state index >= 15 is 0 Å². The zero-order chi connectivity index (χ0) is 8.06. The molecular weight excluding hydrogens is 136 g/mol. The van der Waals surface area contributed by atoms with Gasteiger partial charge in [0.15, 0.2) is 0 Å². The molecule has 62 valence electrons. The summed E-state index contributed by atoms with van der Waals surface area (Å²) in [6.07, 6.45) is 3.79. The molecule has 3 rings (SSSR count). The summed E-state index contributed by atoms with van der Waals surface area (Å²) >= 11 is 0. The van der Waals surface area contributed by atoms with Crippen molar-refractivity contribution in [3.63, 3.8) is 0 Å². The van der Waals surface area contributed by atoms with E-state index in [0.717, 1.165) is 12.3 Å². The van der Waals surface area contributed by atoms with Crippen molar-refractivity contribution < 1.29 is 0 Å². The van der Waals surface area contributed by atoms with Crippen molar-refractivity contribution in [2.75, 3.05) is 0 Å². The lowest BCUT2D eigenvalue weighted by molar-refractivity contribution is 0.00132. The van der Waals surface area contributed by atoms with Crippen LogP contribution in [-0.2, 0) is 0 Å². The van der Waals surface area contributed by atoms with E-state index in [9.17, 15) is 0 Å². The highest BCUT2D eigenvalue weighted by Crippen LogP contribution is 2.57. The van der Waals surface area contributed by atoms with Crippen molar-refractivity contribution in [3.05, 3.63) is 0 Å². The zero-order valence-electron chi connectivity index (χ0n) is 7.30. The molecule has 0 saturated heterocycles. The van der Waals surface area contributed by atoms with Gasteiger partial charge in [-0.3, -0.25) is 0 Å². The second-order valence-electron chi connectivity index (χ2n) is 4.47. The predicted molar refractivity (Wildman–Crippen MR) is 46.2 cm³/mol. The first-order valence-corrected chi connectivity index (χ1v) is 4.43. The second kappa shape index (κ2) is 1.99. The minimum atomic E-state index is 0.496. The Kier molecular flexibility index (Phi) is 1.29. The Morgan fingerprint density at radius 3 is 2.64 bits per heavy atom. The van der Waals surface area contributed by atoms with E-state index < -0.39 is 0 Å². The fraction of sp³-hybridized carbons (Fsp3) is 0.889. The molecule has 3 saturated carbocycles. The van der Waals surface area contributed by atoms with Gasteiger partial charge in [0.2, 0.25) is 0 Å². The van der Waals surface area contributed by atoms with E-state index in [1.807, 2.05) is 0 Å². The molecule has 2 heteroatoms. The molecule has 0 aromatic carbocycles. The molecule has 0 unspecified atom stereocenters. The molecule has 0 radical (unpaired) electrons. The zero-order valence-corrected chi connectivity index (χ0v) is 7.30. The molecule has 0 aliphatic heterocycles. The van der Waals surface area contributed by atoms with Gasteiger partial charge in [0.05, 0.1) is 0 Å². The minimum absolute atomic E-state index is 0.496. The number of nitrogens with zero attached hydrogens (tertiary/aromatic N) is 1. The summed E-state index contributed by atoms with van der Waals surface area (Å²) < 4.78 is 0. The molecule has 11 heavy (non-hydrogen) atoms. The highest BCUT2D eigenvalue weighted by atomic mass is 15.1. The fourth-order valence-corrected chi connectivity index (χ4v) is 2.72. The number of hydrogen-bond donors (Lipinski definition) is 1. The molecule has 2 atom stereocenters. The van der Waals surface area contributed by atoms with Crippen LogP contribution in [0.15, 0.2) is 5.10 Å². The third-order valence-electron chi connectivity index (χ3n) is 3.79. The van der Waals surface area contributed by atoms with E-state index in [1.54, 1.807) is 0 Å². The molecule has 3 aliphatic rings. The van der Waals surface area contributed by atoms with Gasteiger partial charge in [0.25, 0.3) is 0 Å². The molecule has 0 spiro atoms. The Hall–Kier alpha value is -0.530. The number of hydrazone groups is 1. The maximum absolute atomic E-state index is 5.33. The molecule has 0 aromatic rings. The average Bonchev–Trinajstić information content (AvgIpc) is 2.04. The maximum atomic E-state index is 5.33. The summed E-state index contributed by atoms with van der Waals surface area (Å²) in [6.45, 7) is 4.69. The third kappa shape index (κ3) is 0.754. The average molecular weight is 152 g/mol. The summed E-state index contributed by atoms with van der Waals surface area (Å²) in [5.41, 5.74) is 1.76. The van der Waals surface area contributed by atoms with Crippen LogP contribution in [0.2, 0.25) is 0 Å². The van der Waals surface area contributed by atoms with Gasteiger partial charge in [-0.25, -0.2) is 0 Å². The molecule has 2 nitrogen and oxygen atoms in total. The van der Waals surface area contributed by atoms with Gasteiger partial charge in [-0.1, -0.05) is 13.8 Å². The molecule has 0 amide bonds. The van der Waals surface area contributed by atoms with Crippen molar-refractivity contribution >= 4 is 5.71 Å². The van der Waals surface area contributed by atoms with Crippen molar-refractivity contribution in [2.45, 2.75) is 33.1 Å². The molecule has 3 aliphatic carbocycles. The van der Waals surface area contributed by atoms with Gasteiger partial charge in [0.1, 0.15) is 0 Å². The lowest BCUT2D eigenvalue weighted by Gasteiger charge is -2.56. The van der Waals surface area contributed by atoms with Gasteiger partial charge in [-0.05, 0) is 30.6 Å². The summed E-state index contributed by atoms with van der Waals surface area (Å²) in [6, 6.07) is 0. The largest absolute Gasteiger partial charge is 0.323 e. The number of rotatable bonds is 0. The van der Waals surface area contributed by atoms with Crippen molar-refractivity contribution in [3.8, 4) is 0 Å². The van der Waals surface area contributed by atoms with Crippen molar-refractivity contribution in [1.29, 1.82) is 0 Å². The van der Waals surface area contributed by atoms with Crippen LogP contribution < -0.4 is 5.84 Å². The number of hydrogen-bond acceptors (Lipinski definition) is 2. The van der Waals surface area contributed by atoms with E-state index in [-0.39, 0.29) is 0 Å². The van der Waals surface area contributed by atoms with Crippen LogP contribution in [0.3, 0.4) is 0 Å². The maximum Gasteiger partial charge on any atom is 0.0412 e. The molecule has 0 aromatic heterocycles. The lowest BCUT2D eigenvalue weighted by atomic mass is 9.48. The summed E-state index contributed by atoms with van der Waals surface area (Å²) in [7, 11) is 0.